The van der Waals surface area contributed by atoms with Gasteiger partial charge in [0.25, 0.3) is 11.8 Å². The van der Waals surface area contributed by atoms with Gasteiger partial charge in [0.2, 0.25) is 5.91 Å². The van der Waals surface area contributed by atoms with E-state index in [9.17, 15) is 19.2 Å². The Balaban J connectivity index is 1.95. The molecule has 0 saturated carbocycles. The van der Waals surface area contributed by atoms with Crippen molar-refractivity contribution in [2.24, 2.45) is 0 Å². The van der Waals surface area contributed by atoms with Gasteiger partial charge in [-0.2, -0.15) is 0 Å². The molecule has 172 valence electrons. The molecule has 0 heterocycles. The minimum absolute atomic E-state index is 0.139. The molecule has 10 heteroatoms. The molecule has 0 aromatic heterocycles. The van der Waals surface area contributed by atoms with Crippen LogP contribution in [0, 0.1) is 11.8 Å². The zero-order valence-corrected chi connectivity index (χ0v) is 18.5. The zero-order chi connectivity index (χ0) is 24.2. The second kappa shape index (κ2) is 12.9. The number of carboxylic acids is 1. The molecule has 0 fully saturated rings. The van der Waals surface area contributed by atoms with Crippen LogP contribution < -0.4 is 16.1 Å². The Morgan fingerprint density at radius 3 is 2.15 bits per heavy atom. The summed E-state index contributed by atoms with van der Waals surface area (Å²) in [4.78, 5) is 47.1. The topological polar surface area (TPSA) is 145 Å². The molecule has 1 unspecified atom stereocenters. The summed E-state index contributed by atoms with van der Waals surface area (Å²) < 4.78 is 0. The van der Waals surface area contributed by atoms with E-state index in [1.54, 1.807) is 24.3 Å². The molecule has 2 aromatic rings. The van der Waals surface area contributed by atoms with Crippen molar-refractivity contribution in [2.75, 3.05) is 12.3 Å². The van der Waals surface area contributed by atoms with Gasteiger partial charge in [0.05, 0.1) is 11.0 Å². The van der Waals surface area contributed by atoms with Crippen LogP contribution >= 0.6 is 11.8 Å². The average molecular weight is 470 g/mol. The summed E-state index contributed by atoms with van der Waals surface area (Å²) in [5, 5.41) is 21.9. The Hall–Kier alpha value is -3.81. The maximum atomic E-state index is 12.5. The van der Waals surface area contributed by atoms with Crippen LogP contribution in [-0.4, -0.2) is 57.6 Å². The maximum Gasteiger partial charge on any atom is 0.316 e. The Kier molecular flexibility index (Phi) is 9.95. The number of nitrogens with one attached hydrogen (secondary N) is 3. The van der Waals surface area contributed by atoms with E-state index >= 15 is 0 Å². The van der Waals surface area contributed by atoms with Crippen molar-refractivity contribution in [3.05, 3.63) is 71.3 Å². The van der Waals surface area contributed by atoms with Crippen molar-refractivity contribution >= 4 is 35.5 Å². The molecule has 2 aromatic carbocycles. The Morgan fingerprint density at radius 2 is 1.58 bits per heavy atom. The molecule has 9 nitrogen and oxygen atoms in total. The highest BCUT2D eigenvalue weighted by molar-refractivity contribution is 8.01. The first-order valence-corrected chi connectivity index (χ1v) is 10.9. The molecule has 3 amide bonds. The molecule has 33 heavy (non-hydrogen) atoms. The van der Waals surface area contributed by atoms with Gasteiger partial charge in [-0.15, -0.1) is 11.8 Å². The van der Waals surface area contributed by atoms with Gasteiger partial charge in [0.1, 0.15) is 6.04 Å². The lowest BCUT2D eigenvalue weighted by atomic mass is 10.1. The summed E-state index contributed by atoms with van der Waals surface area (Å²) >= 11 is 0.913. The van der Waals surface area contributed by atoms with E-state index in [4.69, 9.17) is 10.3 Å². The van der Waals surface area contributed by atoms with Gasteiger partial charge in [0.15, 0.2) is 0 Å². The third-order valence-corrected chi connectivity index (χ3v) is 5.45. The second-order valence-corrected chi connectivity index (χ2v) is 8.12. The number of aliphatic carboxylic acids is 1. The number of hydrogen-bond acceptors (Lipinski definition) is 6. The van der Waals surface area contributed by atoms with Crippen LogP contribution in [0.1, 0.15) is 28.4 Å². The van der Waals surface area contributed by atoms with E-state index in [1.165, 1.54) is 12.4 Å². The highest BCUT2D eigenvalue weighted by Gasteiger charge is 2.22. The Morgan fingerprint density at radius 1 is 0.970 bits per heavy atom. The molecule has 0 spiro atoms. The summed E-state index contributed by atoms with van der Waals surface area (Å²) in [6.45, 7) is 1.15. The number of amides is 3. The maximum absolute atomic E-state index is 12.5. The average Bonchev–Trinajstić information content (AvgIpc) is 2.83. The molecule has 2 atom stereocenters. The lowest BCUT2D eigenvalue weighted by Crippen LogP contribution is -2.52. The van der Waals surface area contributed by atoms with Gasteiger partial charge < -0.3 is 15.7 Å². The minimum atomic E-state index is -1.24. The van der Waals surface area contributed by atoms with Crippen molar-refractivity contribution in [2.45, 2.75) is 18.2 Å². The minimum Gasteiger partial charge on any atom is -0.480 e. The molecule has 5 N–H and O–H groups in total. The summed E-state index contributed by atoms with van der Waals surface area (Å²) in [5.74, 6) is 2.79. The van der Waals surface area contributed by atoms with Crippen LogP contribution in [0.2, 0.25) is 0 Å². The molecular weight excluding hydrogens is 446 g/mol. The number of carbonyl (C=O) groups excluding carboxylic acids is 3. The fourth-order valence-corrected chi connectivity index (χ4v) is 3.08. The first kappa shape index (κ1) is 25.5. The van der Waals surface area contributed by atoms with E-state index in [0.717, 1.165) is 17.3 Å². The van der Waals surface area contributed by atoms with Crippen LogP contribution in [0.3, 0.4) is 0 Å². The molecular formula is C23H23N3O6S. The van der Waals surface area contributed by atoms with Crippen molar-refractivity contribution in [3.63, 3.8) is 0 Å². The number of hydrogen-bond donors (Lipinski definition) is 5. The fraction of sp³-hybridized carbons (Fsp3) is 0.217. The summed E-state index contributed by atoms with van der Waals surface area (Å²) in [6.07, 6.45) is 0. The largest absolute Gasteiger partial charge is 0.480 e. The third kappa shape index (κ3) is 8.68. The molecule has 0 aliphatic heterocycles. The van der Waals surface area contributed by atoms with Gasteiger partial charge in [-0.05, 0) is 43.3 Å². The molecule has 2 rings (SSSR count). The summed E-state index contributed by atoms with van der Waals surface area (Å²) in [5.41, 5.74) is 3.25. The first-order chi connectivity index (χ1) is 15.8. The van der Waals surface area contributed by atoms with E-state index in [-0.39, 0.29) is 17.9 Å². The lowest BCUT2D eigenvalue weighted by molar-refractivity contribution is -0.136. The molecule has 0 saturated heterocycles. The number of thioether (sulfide) groups is 1. The van der Waals surface area contributed by atoms with Crippen molar-refractivity contribution in [1.29, 1.82) is 0 Å². The highest BCUT2D eigenvalue weighted by atomic mass is 32.2. The van der Waals surface area contributed by atoms with Crippen LogP contribution in [0.15, 0.2) is 54.6 Å². The Labute approximate surface area is 194 Å². The zero-order valence-electron chi connectivity index (χ0n) is 17.7. The molecule has 0 radical (unpaired) electrons. The van der Waals surface area contributed by atoms with Crippen LogP contribution in [0.25, 0.3) is 0 Å². The third-order valence-electron chi connectivity index (χ3n) is 4.32. The number of rotatable bonds is 9. The van der Waals surface area contributed by atoms with Crippen LogP contribution in [0.5, 0.6) is 0 Å². The number of benzene rings is 2. The Bertz CT molecular complexity index is 1050. The summed E-state index contributed by atoms with van der Waals surface area (Å²) in [6, 6.07) is 14.6. The standard InChI is InChI=1S/C23H23N3O6S/c1-15(23(30)31)33-14-20(27)24-13-19(22(29)26-32)25-21(28)18-11-9-17(10-12-18)8-7-16-5-3-2-4-6-16/h2-6,9-12,15,19,32H,13-14H2,1H3,(H,24,27)(H,25,28)(H,26,29)(H,30,31)/t15?,19-/m0/s1. The molecule has 0 bridgehead atoms. The number of carboxylic acid groups (broad SMARTS) is 1. The van der Waals surface area contributed by atoms with E-state index in [2.05, 4.69) is 22.5 Å². The van der Waals surface area contributed by atoms with Crippen molar-refractivity contribution in [1.82, 2.24) is 16.1 Å². The predicted molar refractivity (Wildman–Crippen MR) is 123 cm³/mol. The molecule has 0 aliphatic rings. The SMILES string of the molecule is CC(SCC(=O)NC[C@H](NC(=O)c1ccc(C#Cc2ccccc2)cc1)C(=O)NO)C(=O)O. The van der Waals surface area contributed by atoms with Crippen LogP contribution in [0.4, 0.5) is 0 Å². The van der Waals surface area contributed by atoms with Gasteiger partial charge >= 0.3 is 5.97 Å². The van der Waals surface area contributed by atoms with E-state index in [0.29, 0.717) is 5.56 Å². The van der Waals surface area contributed by atoms with Crippen molar-refractivity contribution < 1.29 is 29.5 Å². The van der Waals surface area contributed by atoms with Gasteiger partial charge in [0, 0.05) is 23.2 Å². The number of hydroxylamine groups is 1. The van der Waals surface area contributed by atoms with Crippen LogP contribution in [-0.2, 0) is 14.4 Å². The van der Waals surface area contributed by atoms with Crippen molar-refractivity contribution in [3.8, 4) is 11.8 Å². The van der Waals surface area contributed by atoms with E-state index in [1.807, 2.05) is 30.3 Å². The second-order valence-electron chi connectivity index (χ2n) is 6.79. The number of carbonyl (C=O) groups is 4. The van der Waals surface area contributed by atoms with E-state index < -0.39 is 35.0 Å². The lowest BCUT2D eigenvalue weighted by Gasteiger charge is -2.17. The van der Waals surface area contributed by atoms with Gasteiger partial charge in [-0.3, -0.25) is 24.4 Å². The quantitative estimate of drug-likeness (QED) is 0.209. The molecule has 0 aliphatic carbocycles. The predicted octanol–water partition coefficient (Wildman–Crippen LogP) is 1.01. The van der Waals surface area contributed by atoms with Gasteiger partial charge in [-0.1, -0.05) is 30.0 Å². The smallest absolute Gasteiger partial charge is 0.316 e. The monoisotopic (exact) mass is 469 g/mol. The fourth-order valence-electron chi connectivity index (χ4n) is 2.44. The highest BCUT2D eigenvalue weighted by Crippen LogP contribution is 2.09. The first-order valence-electron chi connectivity index (χ1n) is 9.83. The summed E-state index contributed by atoms with van der Waals surface area (Å²) in [7, 11) is 0. The van der Waals surface area contributed by atoms with Gasteiger partial charge in [-0.25, -0.2) is 5.48 Å². The normalized spacial score (nSPS) is 11.8.